The number of fused-ring (bicyclic) bond motifs is 1. The summed E-state index contributed by atoms with van der Waals surface area (Å²) in [6.07, 6.45) is 15.5. The van der Waals surface area contributed by atoms with E-state index in [-0.39, 0.29) is 205 Å². The summed E-state index contributed by atoms with van der Waals surface area (Å²) in [5.74, 6) is 3.70. The number of carbonyl (C=O) groups excluding carboxylic acids is 6. The van der Waals surface area contributed by atoms with Crippen LogP contribution >= 0.6 is 50.7 Å². The van der Waals surface area contributed by atoms with Crippen LogP contribution in [0.3, 0.4) is 0 Å². The minimum atomic E-state index is -0.639. The first kappa shape index (κ1) is 106. The van der Waals surface area contributed by atoms with Gasteiger partial charge in [-0.15, -0.1) is 0 Å². The van der Waals surface area contributed by atoms with Crippen molar-refractivity contribution in [1.29, 1.82) is 0 Å². The first-order chi connectivity index (χ1) is 57.2. The molecule has 1 unspecified atom stereocenters. The Morgan fingerprint density at radius 1 is 0.582 bits per heavy atom. The van der Waals surface area contributed by atoms with E-state index in [9.17, 15) is 29.1 Å². The molecule has 1 aliphatic rings. The summed E-state index contributed by atoms with van der Waals surface area (Å²) in [5.41, 5.74) is 9.68. The van der Waals surface area contributed by atoms with Gasteiger partial charge in [0.05, 0.1) is 114 Å². The number of alkyl halides is 1. The van der Waals surface area contributed by atoms with Gasteiger partial charge in [-0.1, -0.05) is 93.2 Å². The third kappa shape index (κ3) is 32.9. The van der Waals surface area contributed by atoms with Crippen molar-refractivity contribution < 1.29 is 251 Å². The van der Waals surface area contributed by atoms with Crippen LogP contribution < -0.4 is 228 Å². The van der Waals surface area contributed by atoms with Crippen LogP contribution in [0.5, 0.6) is 34.5 Å². The number of carbonyl (C=O) groups is 6. The Bertz CT molecular complexity index is 5440. The van der Waals surface area contributed by atoms with Crippen LogP contribution in [-0.2, 0) is 38.5 Å². The number of benzene rings is 6. The van der Waals surface area contributed by atoms with Crippen molar-refractivity contribution in [2.75, 3.05) is 92.5 Å². The van der Waals surface area contributed by atoms with E-state index in [2.05, 4.69) is 115 Å². The number of nitrogens with one attached hydrogen (secondary N) is 5. The number of rotatable bonds is 22. The van der Waals surface area contributed by atoms with E-state index in [0.717, 1.165) is 70.6 Å². The van der Waals surface area contributed by atoms with Crippen molar-refractivity contribution in [2.45, 2.75) is 47.6 Å². The quantitative estimate of drug-likeness (QED) is 0.0138. The minimum Gasteiger partial charge on any atom is -1.00 e. The molecule has 1 aliphatic heterocycles. The summed E-state index contributed by atoms with van der Waals surface area (Å²) >= 11 is 21.4. The standard InChI is InChI=1S/C24H23ClN6O3.C24H23ClN6O2.C16H18N6O2.C8H6BrClO.C4H6O4.C2H3BO2.CH2O3.2Cs.Na.H/c1-15-12-31(14-28-15)19-9-8-16(10-21(19)33-3)29-24-27-11-22(23(26-2)30-24)34-13-20(32)17-6-4-5-7-18(17)25;1-15-12-31(14-27-15)19-9-8-16(10-21(19)32-3)28-24-26-11-22-23(29-24)30(2)20(13-33-22)17-6-4-5-7-18(17)25;1-10-8-22(9-19-10)12-5-4-11(6-14(12)24-3)20-16-18-7-13(23)15(17-2)21-16;9-5-8(11)6-3-1-2-4-7(6)10;1-3(5)7-8-4(2)6;1-2(4)5-3;2-1-4-3;;;;/h4-12,14H,13H2,1-3H3,(H2,26,27,29,30);4-12,14,20H,13H2,1-3H3,(H,26,28,29);4-9,23H,1-3H3,(H2,17,18,20,21);1-4H,5H2;1-2H3;1H3;1,3H;;;;/q;;;;;-1;;3*+1;-1/p-1. The van der Waals surface area contributed by atoms with Crippen molar-refractivity contribution in [2.24, 2.45) is 0 Å². The van der Waals surface area contributed by atoms with Crippen LogP contribution in [0.4, 0.5) is 52.4 Å². The molecule has 7 heterocycles. The molecular weight excluding hydrogens is 1960 g/mol. The summed E-state index contributed by atoms with van der Waals surface area (Å²) in [6.45, 7) is 9.42. The molecule has 43 heteroatoms. The SMILES string of the molecule is CC(=O)OOC(C)=O.CNc1nc(Nc2ccc(-n3cnc(C)c3)c(OC)c2)ncc1O.CNc1nc(Nc2ccc(-n3cnc(C)c3)c(OC)c2)ncc1OCC(=O)c1ccccc1Cl.COc1cc(Nc2ncc3c(n2)N(C)C(c2ccccc2Cl)CO3)ccc1-n1cnc(C)c1.O=C(CBr)c1ccccc1Cl.O=CO[O-].[B-]OC(C)=O.[Cs+].[Cs+].[H-].[Na+]. The fourth-order valence-electron chi connectivity index (χ4n) is 10.3. The number of halogens is 4. The molecule has 0 bridgehead atoms. The Labute approximate surface area is 868 Å². The number of ketones is 2. The van der Waals surface area contributed by atoms with E-state index >= 15 is 0 Å². The van der Waals surface area contributed by atoms with E-state index in [0.29, 0.717) is 102 Å². The predicted molar refractivity (Wildman–Crippen MR) is 450 cm³/mol. The Morgan fingerprint density at radius 3 is 1.35 bits per heavy atom. The molecule has 0 saturated carbocycles. The Balaban J connectivity index is 0.000000409. The number of aryl methyl sites for hydroxylation is 3. The molecule has 6 aromatic carbocycles. The second-order valence-corrected chi connectivity index (χ2v) is 25.9. The van der Waals surface area contributed by atoms with Gasteiger partial charge in [0, 0.05) is 112 Å². The Kier molecular flexibility index (Phi) is 47.7. The number of imidazole rings is 3. The van der Waals surface area contributed by atoms with Gasteiger partial charge in [0.1, 0.15) is 23.9 Å². The minimum absolute atomic E-state index is 0. The summed E-state index contributed by atoms with van der Waals surface area (Å²) in [7, 11) is 14.6. The third-order valence-electron chi connectivity index (χ3n) is 15.8. The number of hydrogen-bond acceptors (Lipinski definition) is 32. The molecule has 0 amide bonds. The van der Waals surface area contributed by atoms with Crippen LogP contribution in [0.15, 0.2) is 184 Å². The number of hydrogen-bond donors (Lipinski definition) is 6. The average Bonchev–Trinajstić information content (AvgIpc) is 1.37. The fourth-order valence-corrected chi connectivity index (χ4v) is 11.4. The second kappa shape index (κ2) is 55.0. The van der Waals surface area contributed by atoms with Gasteiger partial charge in [-0.2, -0.15) is 15.0 Å². The van der Waals surface area contributed by atoms with Crippen molar-refractivity contribution in [3.8, 4) is 51.6 Å². The number of aromatic hydroxyl groups is 1. The van der Waals surface area contributed by atoms with Gasteiger partial charge in [-0.05, 0) is 93.1 Å². The summed E-state index contributed by atoms with van der Waals surface area (Å²) in [4.78, 5) is 113. The van der Waals surface area contributed by atoms with Crippen LogP contribution in [0, 0.1) is 20.8 Å². The normalized spacial score (nSPS) is 10.9. The fraction of sp³-hybridized carbons (Fsp3) is 0.203. The van der Waals surface area contributed by atoms with Crippen LogP contribution in [0.1, 0.15) is 71.6 Å². The topological polar surface area (TPSA) is 423 Å². The number of aromatic nitrogens is 12. The van der Waals surface area contributed by atoms with E-state index < -0.39 is 17.9 Å². The zero-order valence-electron chi connectivity index (χ0n) is 70.0. The Morgan fingerprint density at radius 2 is 0.975 bits per heavy atom. The molecular formula is C79H81BBrCl3Cs2N18NaO17. The van der Waals surface area contributed by atoms with Crippen molar-refractivity contribution >= 4 is 147 Å². The third-order valence-corrected chi connectivity index (χ3v) is 17.3. The monoisotopic (exact) mass is 2040 g/mol. The summed E-state index contributed by atoms with van der Waals surface area (Å²) in [6, 6.07) is 38.7. The molecule has 6 N–H and O–H groups in total. The molecule has 623 valence electrons. The maximum atomic E-state index is 12.4. The molecule has 0 spiro atoms. The van der Waals surface area contributed by atoms with Gasteiger partial charge >= 0.3 is 179 Å². The zero-order chi connectivity index (χ0) is 86.7. The zero-order valence-corrected chi connectivity index (χ0v) is 87.4. The Hall–Kier alpha value is -8.51. The van der Waals surface area contributed by atoms with Crippen molar-refractivity contribution in [3.63, 3.8) is 0 Å². The molecule has 122 heavy (non-hydrogen) atoms. The maximum Gasteiger partial charge on any atom is 1.00 e. The number of anilines is 9. The number of likely N-dealkylation sites (N-methyl/N-ethyl adjacent to an activating group) is 1. The van der Waals surface area contributed by atoms with Gasteiger partial charge < -0.3 is 98.3 Å². The molecule has 3 radical (unpaired) electrons. The largest absolute Gasteiger partial charge is 1.00 e. The van der Waals surface area contributed by atoms with E-state index in [1.807, 2.05) is 139 Å². The molecule has 0 aliphatic carbocycles. The molecule has 0 fully saturated rings. The van der Waals surface area contributed by atoms with Gasteiger partial charge in [0.25, 0.3) is 6.47 Å². The van der Waals surface area contributed by atoms with Crippen LogP contribution in [0.2, 0.25) is 15.1 Å². The number of ether oxygens (including phenoxy) is 5. The first-order valence-electron chi connectivity index (χ1n) is 35.0. The number of methoxy groups -OCH3 is 3. The average molecular weight is 2040 g/mol. The van der Waals surface area contributed by atoms with Crippen molar-refractivity contribution in [1.82, 2.24) is 58.6 Å². The van der Waals surface area contributed by atoms with Gasteiger partial charge in [-0.3, -0.25) is 19.2 Å². The molecule has 1 atom stereocenters. The second-order valence-electron chi connectivity index (χ2n) is 24.2. The molecule has 12 aromatic rings. The van der Waals surface area contributed by atoms with E-state index in [1.165, 1.54) is 19.3 Å². The van der Waals surface area contributed by atoms with E-state index in [1.54, 1.807) is 109 Å². The number of nitrogens with zero attached hydrogens (tertiary/aromatic N) is 13. The summed E-state index contributed by atoms with van der Waals surface area (Å²) in [5, 5.41) is 35.2. The summed E-state index contributed by atoms with van der Waals surface area (Å²) < 4.78 is 37.5. The molecule has 35 nitrogen and oxygen atoms in total. The van der Waals surface area contributed by atoms with E-state index in [4.69, 9.17) is 73.5 Å². The van der Waals surface area contributed by atoms with Gasteiger partial charge in [0.2, 0.25) is 29.6 Å². The predicted octanol–water partition coefficient (Wildman–Crippen LogP) is 4.23. The number of Topliss-reactive ketones (excluding diaryl/α,β-unsaturated/α-hetero) is 2. The smallest absolute Gasteiger partial charge is 1.00 e. The van der Waals surface area contributed by atoms with Crippen molar-refractivity contribution in [3.05, 3.63) is 232 Å². The first-order valence-corrected chi connectivity index (χ1v) is 37.3. The van der Waals surface area contributed by atoms with Gasteiger partial charge in [-0.25, -0.2) is 49.3 Å². The van der Waals surface area contributed by atoms with Gasteiger partial charge in [0.15, 0.2) is 47.1 Å². The maximum absolute atomic E-state index is 12.4. The van der Waals surface area contributed by atoms with Crippen LogP contribution in [-0.4, -0.2) is 169 Å². The molecule has 0 saturated heterocycles. The molecule has 6 aromatic heterocycles. The van der Waals surface area contributed by atoms with Crippen LogP contribution in [0.25, 0.3) is 17.1 Å². The molecule has 13 rings (SSSR count).